The first-order valence-electron chi connectivity index (χ1n) is 6.07. The smallest absolute Gasteiger partial charge is 0.368 e. The summed E-state index contributed by atoms with van der Waals surface area (Å²) in [7, 11) is 0. The minimum Gasteiger partial charge on any atom is -0.396 e. The molecule has 0 saturated carbocycles. The molecule has 0 aliphatic rings. The van der Waals surface area contributed by atoms with Gasteiger partial charge in [-0.25, -0.2) is 20.1 Å². The van der Waals surface area contributed by atoms with Gasteiger partial charge in [0, 0.05) is 12.4 Å². The lowest BCUT2D eigenvalue weighted by atomic mass is 10.3. The molecule has 0 aliphatic heterocycles. The third kappa shape index (κ3) is 2.35. The maximum atomic E-state index is 12.1. The molecule has 0 atom stereocenters. The lowest BCUT2D eigenvalue weighted by molar-refractivity contribution is 0.0450. The van der Waals surface area contributed by atoms with Crippen molar-refractivity contribution >= 4 is 23.0 Å². The number of hydrogen-bond donors (Lipinski definition) is 2. The fraction of sp³-hybridized carbons (Fsp3) is 0. The van der Waals surface area contributed by atoms with E-state index in [0.717, 1.165) is 5.17 Å². The number of aromatic nitrogens is 3. The van der Waals surface area contributed by atoms with Crippen molar-refractivity contribution in [3.8, 4) is 0 Å². The normalized spacial score (nSPS) is 10.5. The molecular weight excluding hydrogens is 272 g/mol. The molecule has 3 aromatic rings. The molecule has 0 aromatic carbocycles. The van der Waals surface area contributed by atoms with Gasteiger partial charge in [-0.1, -0.05) is 6.07 Å². The highest BCUT2D eigenvalue weighted by Gasteiger charge is 2.18. The molecule has 21 heavy (non-hydrogen) atoms. The Hall–Kier alpha value is -3.13. The molecule has 0 unspecified atom stereocenters. The molecule has 8 heteroatoms. The first-order valence-corrected chi connectivity index (χ1v) is 6.07. The number of rotatable bonds is 3. The van der Waals surface area contributed by atoms with Crippen molar-refractivity contribution in [3.05, 3.63) is 54.5 Å². The molecule has 0 bridgehead atoms. The molecule has 0 radical (unpaired) electrons. The fourth-order valence-electron chi connectivity index (χ4n) is 1.87. The Morgan fingerprint density at radius 2 is 2.14 bits per heavy atom. The SMILES string of the molecule is Nc1cccnc1N(N)OC(=O)c1cnn2ccccc12. The van der Waals surface area contributed by atoms with Gasteiger partial charge in [-0.2, -0.15) is 5.10 Å². The van der Waals surface area contributed by atoms with Crippen LogP contribution >= 0.6 is 0 Å². The molecule has 3 rings (SSSR count). The molecule has 3 aromatic heterocycles. The maximum Gasteiger partial charge on any atom is 0.368 e. The molecular formula is C13H12N6O2. The minimum absolute atomic E-state index is 0.155. The first-order chi connectivity index (χ1) is 10.2. The standard InChI is InChI=1S/C13H12N6O2/c14-10-4-3-6-16-12(10)19(15)21-13(20)9-8-17-18-7-2-1-5-11(9)18/h1-8H,14-15H2. The Morgan fingerprint density at radius 3 is 2.95 bits per heavy atom. The van der Waals surface area contributed by atoms with Crippen molar-refractivity contribution in [3.63, 3.8) is 0 Å². The largest absolute Gasteiger partial charge is 0.396 e. The second-order valence-electron chi connectivity index (χ2n) is 4.21. The lowest BCUT2D eigenvalue weighted by Gasteiger charge is -2.16. The Balaban J connectivity index is 1.85. The summed E-state index contributed by atoms with van der Waals surface area (Å²) in [4.78, 5) is 21.1. The van der Waals surface area contributed by atoms with Crippen LogP contribution in [-0.2, 0) is 4.84 Å². The van der Waals surface area contributed by atoms with Crippen LogP contribution < -0.4 is 16.7 Å². The van der Waals surface area contributed by atoms with E-state index in [2.05, 4.69) is 10.1 Å². The van der Waals surface area contributed by atoms with Crippen LogP contribution in [0.5, 0.6) is 0 Å². The highest BCUT2D eigenvalue weighted by Crippen LogP contribution is 2.18. The summed E-state index contributed by atoms with van der Waals surface area (Å²) in [5.41, 5.74) is 6.92. The molecule has 0 fully saturated rings. The van der Waals surface area contributed by atoms with Crippen LogP contribution in [0.2, 0.25) is 0 Å². The molecule has 8 nitrogen and oxygen atoms in total. The Kier molecular flexibility index (Phi) is 3.13. The molecule has 0 saturated heterocycles. The van der Waals surface area contributed by atoms with Crippen LogP contribution in [0, 0.1) is 0 Å². The highest BCUT2D eigenvalue weighted by molar-refractivity contribution is 5.97. The van der Waals surface area contributed by atoms with Crippen LogP contribution in [0.15, 0.2) is 48.9 Å². The van der Waals surface area contributed by atoms with Gasteiger partial charge in [0.1, 0.15) is 5.56 Å². The van der Waals surface area contributed by atoms with Gasteiger partial charge in [-0.3, -0.25) is 0 Å². The van der Waals surface area contributed by atoms with Gasteiger partial charge < -0.3 is 10.6 Å². The first kappa shape index (κ1) is 12.9. The number of nitrogens with zero attached hydrogens (tertiary/aromatic N) is 4. The topological polar surface area (TPSA) is 112 Å². The highest BCUT2D eigenvalue weighted by atomic mass is 16.7. The zero-order chi connectivity index (χ0) is 14.8. The second kappa shape index (κ2) is 5.10. The zero-order valence-corrected chi connectivity index (χ0v) is 10.9. The van der Waals surface area contributed by atoms with Crippen molar-refractivity contribution < 1.29 is 9.63 Å². The van der Waals surface area contributed by atoms with Crippen LogP contribution in [0.1, 0.15) is 10.4 Å². The molecule has 4 N–H and O–H groups in total. The van der Waals surface area contributed by atoms with Gasteiger partial charge in [-0.15, -0.1) is 5.17 Å². The molecule has 106 valence electrons. The number of nitrogens with two attached hydrogens (primary N) is 2. The average molecular weight is 284 g/mol. The number of fused-ring (bicyclic) bond motifs is 1. The number of hydrazine groups is 1. The van der Waals surface area contributed by atoms with E-state index in [4.69, 9.17) is 16.4 Å². The monoisotopic (exact) mass is 284 g/mol. The average Bonchev–Trinajstić information content (AvgIpc) is 2.91. The third-order valence-corrected chi connectivity index (χ3v) is 2.85. The van der Waals surface area contributed by atoms with E-state index in [1.54, 1.807) is 41.0 Å². The van der Waals surface area contributed by atoms with Gasteiger partial charge in [0.25, 0.3) is 0 Å². The minimum atomic E-state index is -0.649. The van der Waals surface area contributed by atoms with Gasteiger partial charge in [0.05, 0.1) is 17.4 Å². The summed E-state index contributed by atoms with van der Waals surface area (Å²) < 4.78 is 1.56. The van der Waals surface area contributed by atoms with Crippen LogP contribution in [0.4, 0.5) is 11.5 Å². The van der Waals surface area contributed by atoms with E-state index in [1.165, 1.54) is 12.4 Å². The molecule has 3 heterocycles. The predicted molar refractivity (Wildman–Crippen MR) is 75.9 cm³/mol. The van der Waals surface area contributed by atoms with Gasteiger partial charge in [0.15, 0.2) is 0 Å². The van der Waals surface area contributed by atoms with Crippen molar-refractivity contribution in [2.24, 2.45) is 5.84 Å². The van der Waals surface area contributed by atoms with Crippen LogP contribution in [0.25, 0.3) is 5.52 Å². The summed E-state index contributed by atoms with van der Waals surface area (Å²) in [6.45, 7) is 0. The zero-order valence-electron chi connectivity index (χ0n) is 10.9. The number of carbonyl (C=O) groups is 1. The Bertz CT molecular complexity index is 800. The quantitative estimate of drug-likeness (QED) is 0.539. The molecule has 0 spiro atoms. The van der Waals surface area contributed by atoms with E-state index in [9.17, 15) is 4.79 Å². The Labute approximate surface area is 119 Å². The number of nitrogen functional groups attached to an aromatic ring is 1. The van der Waals surface area contributed by atoms with Crippen LogP contribution in [0.3, 0.4) is 0 Å². The second-order valence-corrected chi connectivity index (χ2v) is 4.21. The van der Waals surface area contributed by atoms with Crippen molar-refractivity contribution in [2.45, 2.75) is 0 Å². The van der Waals surface area contributed by atoms with Crippen molar-refractivity contribution in [1.29, 1.82) is 0 Å². The maximum absolute atomic E-state index is 12.1. The van der Waals surface area contributed by atoms with Gasteiger partial charge in [-0.05, 0) is 24.3 Å². The third-order valence-electron chi connectivity index (χ3n) is 2.85. The summed E-state index contributed by atoms with van der Waals surface area (Å²) in [5, 5.41) is 4.79. The summed E-state index contributed by atoms with van der Waals surface area (Å²) in [6.07, 6.45) is 4.63. The van der Waals surface area contributed by atoms with E-state index in [-0.39, 0.29) is 5.82 Å². The number of carbonyl (C=O) groups excluding carboxylic acids is 1. The van der Waals surface area contributed by atoms with Gasteiger partial charge in [0.2, 0.25) is 5.82 Å². The number of anilines is 2. The lowest BCUT2D eigenvalue weighted by Crippen LogP contribution is -2.35. The Morgan fingerprint density at radius 1 is 1.29 bits per heavy atom. The van der Waals surface area contributed by atoms with Gasteiger partial charge >= 0.3 is 5.97 Å². The predicted octanol–water partition coefficient (Wildman–Crippen LogP) is 0.764. The molecule has 0 aliphatic carbocycles. The van der Waals surface area contributed by atoms with E-state index < -0.39 is 5.97 Å². The summed E-state index contributed by atoms with van der Waals surface area (Å²) in [6, 6.07) is 8.61. The van der Waals surface area contributed by atoms with Crippen molar-refractivity contribution in [1.82, 2.24) is 14.6 Å². The van der Waals surface area contributed by atoms with E-state index in [0.29, 0.717) is 16.8 Å². The van der Waals surface area contributed by atoms with E-state index in [1.807, 2.05) is 0 Å². The molecule has 0 amide bonds. The number of pyridine rings is 2. The fourth-order valence-corrected chi connectivity index (χ4v) is 1.87. The number of hydrogen-bond acceptors (Lipinski definition) is 7. The van der Waals surface area contributed by atoms with E-state index >= 15 is 0 Å². The summed E-state index contributed by atoms with van der Waals surface area (Å²) in [5.74, 6) is 5.17. The summed E-state index contributed by atoms with van der Waals surface area (Å²) >= 11 is 0. The van der Waals surface area contributed by atoms with Crippen LogP contribution in [-0.4, -0.2) is 20.6 Å². The van der Waals surface area contributed by atoms with Crippen molar-refractivity contribution in [2.75, 3.05) is 10.9 Å².